The highest BCUT2D eigenvalue weighted by Crippen LogP contribution is 2.27. The maximum absolute atomic E-state index is 15.9. The predicted molar refractivity (Wildman–Crippen MR) is 527 cm³/mol. The molecule has 14 unspecified atom stereocenters. The smallest absolute Gasteiger partial charge is 0.251 e. The molecule has 45 heteroatoms. The Morgan fingerprint density at radius 1 is 0.500 bits per heavy atom. The van der Waals surface area contributed by atoms with Crippen molar-refractivity contribution in [1.82, 2.24) is 109 Å². The number of guanidine groups is 1. The van der Waals surface area contributed by atoms with Gasteiger partial charge in [-0.05, 0) is 105 Å². The second kappa shape index (κ2) is 54.7. The van der Waals surface area contributed by atoms with E-state index < -0.39 is 234 Å². The van der Waals surface area contributed by atoms with E-state index in [4.69, 9.17) is 22.6 Å². The quantitative estimate of drug-likeness (QED) is 0.0141. The number of primary amides is 2. The van der Waals surface area contributed by atoms with Gasteiger partial charge in [0.1, 0.15) is 84.6 Å². The summed E-state index contributed by atoms with van der Waals surface area (Å²) in [6.07, 6.45) is 5.02. The first kappa shape index (κ1) is 111. The summed E-state index contributed by atoms with van der Waals surface area (Å²) in [5.74, 6) is -18.5. The Balaban J connectivity index is 1.12. The number of hydrogen-bond acceptors (Lipinski definition) is 22. The summed E-state index contributed by atoms with van der Waals surface area (Å²) in [7, 11) is 3.94. The molecule has 5 heterocycles. The van der Waals surface area contributed by atoms with Gasteiger partial charge in [0.2, 0.25) is 100 Å². The molecule has 7 aromatic rings. The van der Waals surface area contributed by atoms with Crippen molar-refractivity contribution in [2.75, 3.05) is 65.4 Å². The molecule has 2 aliphatic rings. The van der Waals surface area contributed by atoms with Gasteiger partial charge in [0.05, 0.1) is 31.7 Å². The molecule has 766 valence electrons. The van der Waals surface area contributed by atoms with E-state index in [0.717, 1.165) is 31.4 Å². The molecule has 0 spiro atoms. The fraction of sp³-hybridized carbons (Fsp3) is 0.485. The number of carbonyl (C=O) groups is 18. The molecule has 9 rings (SSSR count). The maximum atomic E-state index is 15.9. The number of para-hydroxylation sites is 2. The highest BCUT2D eigenvalue weighted by molar-refractivity contribution is 8.00. The second-order valence-electron chi connectivity index (χ2n) is 35.9. The summed E-state index contributed by atoms with van der Waals surface area (Å²) in [4.78, 5) is 283. The summed E-state index contributed by atoms with van der Waals surface area (Å²) >= 11 is 0.788. The minimum Gasteiger partial charge on any atom is -0.394 e. The summed E-state index contributed by atoms with van der Waals surface area (Å²) in [5, 5.41) is 55.2. The van der Waals surface area contributed by atoms with Gasteiger partial charge in [-0.1, -0.05) is 138 Å². The lowest BCUT2D eigenvalue weighted by Gasteiger charge is -2.36. The molecule has 2 saturated heterocycles. The average molecular weight is 1990 g/mol. The molecule has 2 fully saturated rings. The van der Waals surface area contributed by atoms with Crippen LogP contribution in [0.4, 0.5) is 0 Å². The van der Waals surface area contributed by atoms with Gasteiger partial charge < -0.3 is 126 Å². The number of fused-ring (bicyclic) bond motifs is 3. The Morgan fingerprint density at radius 3 is 1.62 bits per heavy atom. The first-order valence-corrected chi connectivity index (χ1v) is 48.7. The van der Waals surface area contributed by atoms with Crippen molar-refractivity contribution in [3.63, 3.8) is 0 Å². The molecule has 18 amide bonds. The third kappa shape index (κ3) is 32.4. The monoisotopic (exact) mass is 1980 g/mol. The number of unbranched alkanes of at least 4 members (excludes halogenated alkanes) is 2. The predicted octanol–water partition coefficient (Wildman–Crippen LogP) is -1.29. The Kier molecular flexibility index (Phi) is 42.7. The maximum Gasteiger partial charge on any atom is 0.251 e. The van der Waals surface area contributed by atoms with E-state index in [2.05, 4.69) is 89.1 Å². The van der Waals surface area contributed by atoms with Crippen LogP contribution in [0.2, 0.25) is 0 Å². The van der Waals surface area contributed by atoms with Crippen LogP contribution >= 0.6 is 11.8 Å². The summed E-state index contributed by atoms with van der Waals surface area (Å²) < 4.78 is 0. The minimum absolute atomic E-state index is 0.0109. The SMILES string of the molecule is CCCCC1C(=O)N(C)C(CCCC)C(=O)NC(CCCNC(=N)N)C(=O)NC(C(=O)NCC(N)=O)CSCC(=O)NC(Cc2ccccc2)C(=O)N(C)C(C)C(=O)NC(CC(N)=O)C(=O)N2CCCC2C(=O)NC(Cc2cnc[nH]2)C(=O)NC(CC(C)C)C(=O)NC(CCNC(=O)c2ccccc2)C(=O)NC(Cc2c[nH]c3ccccc23)C(=O)NC(CO)C(=O)NC(Cc2c[nH]c3ccccc23)C(=O)N1C. The van der Waals surface area contributed by atoms with E-state index in [1.165, 1.54) is 40.6 Å². The number of benzene rings is 4. The van der Waals surface area contributed by atoms with Crippen molar-refractivity contribution in [3.05, 3.63) is 162 Å². The molecule has 4 aromatic carbocycles. The number of nitrogens with zero attached hydrogens (tertiary/aromatic N) is 5. The van der Waals surface area contributed by atoms with Crippen molar-refractivity contribution in [2.24, 2.45) is 23.1 Å². The van der Waals surface area contributed by atoms with Gasteiger partial charge in [0.15, 0.2) is 5.96 Å². The number of imidazole rings is 1. The summed E-state index contributed by atoms with van der Waals surface area (Å²) in [6, 6.07) is 8.42. The number of thioether (sulfide) groups is 1. The van der Waals surface area contributed by atoms with Gasteiger partial charge in [0, 0.05) is 124 Å². The van der Waals surface area contributed by atoms with E-state index in [1.807, 2.05) is 13.8 Å². The van der Waals surface area contributed by atoms with Crippen LogP contribution in [0.15, 0.2) is 134 Å². The highest BCUT2D eigenvalue weighted by atomic mass is 32.2. The van der Waals surface area contributed by atoms with E-state index in [-0.39, 0.29) is 102 Å². The first-order valence-electron chi connectivity index (χ1n) is 47.6. The van der Waals surface area contributed by atoms with Crippen molar-refractivity contribution in [3.8, 4) is 0 Å². The highest BCUT2D eigenvalue weighted by Gasteiger charge is 2.44. The van der Waals surface area contributed by atoms with Crippen LogP contribution < -0.4 is 86.3 Å². The lowest BCUT2D eigenvalue weighted by Crippen LogP contribution is -2.62. The molecule has 2 aliphatic heterocycles. The molecule has 44 nitrogen and oxygen atoms in total. The number of aromatic amines is 3. The van der Waals surface area contributed by atoms with Crippen LogP contribution in [0.25, 0.3) is 21.8 Å². The van der Waals surface area contributed by atoms with Crippen LogP contribution in [0.3, 0.4) is 0 Å². The third-order valence-electron chi connectivity index (χ3n) is 24.8. The molecule has 0 radical (unpaired) electrons. The zero-order chi connectivity index (χ0) is 103. The van der Waals surface area contributed by atoms with Gasteiger partial charge in [-0.2, -0.15) is 0 Å². The van der Waals surface area contributed by atoms with Crippen LogP contribution in [0.5, 0.6) is 0 Å². The number of aliphatic hydroxyl groups excluding tert-OH is 1. The molecule has 142 heavy (non-hydrogen) atoms. The van der Waals surface area contributed by atoms with E-state index in [1.54, 1.807) is 135 Å². The molecule has 3 aromatic heterocycles. The number of rotatable bonds is 30. The van der Waals surface area contributed by atoms with Crippen molar-refractivity contribution in [1.29, 1.82) is 5.41 Å². The topological polar surface area (TPSA) is 659 Å². The normalized spacial score (nSPS) is 23.1. The lowest BCUT2D eigenvalue weighted by molar-refractivity contribution is -0.149. The van der Waals surface area contributed by atoms with Gasteiger partial charge >= 0.3 is 0 Å². The molecule has 24 N–H and O–H groups in total. The van der Waals surface area contributed by atoms with Crippen LogP contribution in [0.1, 0.15) is 151 Å². The summed E-state index contributed by atoms with van der Waals surface area (Å²) in [5.41, 5.74) is 20.1. The van der Waals surface area contributed by atoms with Crippen molar-refractivity contribution in [2.45, 2.75) is 228 Å². The second-order valence-corrected chi connectivity index (χ2v) is 36.9. The lowest BCUT2D eigenvalue weighted by atomic mass is 10.00. The van der Waals surface area contributed by atoms with Gasteiger partial charge in [-0.25, -0.2) is 4.98 Å². The van der Waals surface area contributed by atoms with Gasteiger partial charge in [-0.3, -0.25) is 91.7 Å². The van der Waals surface area contributed by atoms with Gasteiger partial charge in [-0.15, -0.1) is 11.8 Å². The standard InChI is InChI=1S/C97H133N25O19S/c1-9-11-34-76-91(136)111-66(33-23-38-104-97(100)101)85(130)118-75(84(129)107-50-80(99)125)52-142-53-81(126)109-71(42-57-25-15-13-16-26-57)93(138)119(6)56(5)82(127)115-73(46-79(98)124)95(140)122-40-24-36-77(122)92(137)114-70(45-61-49-102-54-108-61)89(134)112-68(41-55(3)4)87(132)110-67(37-39-103-83(128)58-27-17-14-18-28-58)86(131)113-69(43-59-47-105-64-31-21-19-29-62(59)64)88(133)117-74(51-123)90(135)116-72(44-60-48-106-65-32-22-20-30-63(60)65)94(139)121(8)78(35-12-10-2)96(141)120(76)7/h13-22,25-32,47-49,54-56,66-78,105-106,123H,9-12,23-24,33-46,50-53H2,1-8H3,(H2,98,124)(H2,99,125)(H,102,108)(H,103,128)(H,107,129)(H,109,126)(H,110,132)(H,111,136)(H,112,134)(H,113,131)(H,114,137)(H,115,127)(H,116,135)(H,117,133)(H,118,130)(H4,100,101,104). The molecule has 0 saturated carbocycles. The van der Waals surface area contributed by atoms with Crippen LogP contribution in [-0.2, 0) is 107 Å². The van der Waals surface area contributed by atoms with E-state index in [0.29, 0.717) is 69.9 Å². The molecule has 14 atom stereocenters. The fourth-order valence-electron chi connectivity index (χ4n) is 16.8. The molecule has 0 aliphatic carbocycles. The molecular weight excluding hydrogens is 1850 g/mol. The Bertz CT molecular complexity index is 5570. The number of hydrogen-bond donors (Lipinski definition) is 21. The number of aliphatic hydroxyl groups is 1. The Morgan fingerprint density at radius 2 is 1.01 bits per heavy atom. The third-order valence-corrected chi connectivity index (χ3v) is 25.8. The average Bonchev–Trinajstić information content (AvgIpc) is 1.55. The molecular formula is C97H133N25O19S. The van der Waals surface area contributed by atoms with E-state index in [9.17, 15) is 48.3 Å². The summed E-state index contributed by atoms with van der Waals surface area (Å²) in [6.45, 7) is 6.17. The first-order chi connectivity index (χ1) is 67.9. The fourth-order valence-corrected chi connectivity index (χ4v) is 17.7. The number of aromatic nitrogens is 4. The molecule has 0 bridgehead atoms. The Labute approximate surface area is 826 Å². The zero-order valence-corrected chi connectivity index (χ0v) is 81.8. The number of nitrogens with one attached hydrogen (secondary N) is 17. The number of nitrogens with two attached hydrogens (primary N) is 3. The van der Waals surface area contributed by atoms with Crippen LogP contribution in [0, 0.1) is 11.3 Å². The zero-order valence-electron chi connectivity index (χ0n) is 81.0. The van der Waals surface area contributed by atoms with E-state index >= 15 is 43.2 Å². The number of amides is 18. The van der Waals surface area contributed by atoms with Gasteiger partial charge in [0.25, 0.3) is 5.91 Å². The number of likely N-dealkylation sites (N-methyl/N-ethyl adjacent to an activating group) is 3. The number of carbonyl (C=O) groups excluding carboxylic acids is 18. The number of H-pyrrole nitrogens is 3. The minimum atomic E-state index is -1.92. The van der Waals surface area contributed by atoms with Crippen molar-refractivity contribution < 1.29 is 91.4 Å². The Hall–Kier alpha value is -14.8. The largest absolute Gasteiger partial charge is 0.394 e. The van der Waals surface area contributed by atoms with Crippen molar-refractivity contribution >= 4 is 146 Å². The van der Waals surface area contributed by atoms with Crippen LogP contribution in [-0.4, -0.2) is 307 Å².